The third kappa shape index (κ3) is 3.82. The number of hydrogen-bond donors (Lipinski definition) is 1. The fraction of sp³-hybridized carbons (Fsp3) is 0.217. The van der Waals surface area contributed by atoms with Gasteiger partial charge in [-0.05, 0) is 48.6 Å². The average Bonchev–Trinajstić information content (AvgIpc) is 3.25. The largest absolute Gasteiger partial charge is 0.478 e. The normalized spacial score (nSPS) is 14.1. The van der Waals surface area contributed by atoms with Crippen molar-refractivity contribution in [1.29, 1.82) is 0 Å². The molecule has 0 radical (unpaired) electrons. The number of piperidine rings is 1. The monoisotopic (exact) mass is 432 g/mol. The highest BCUT2D eigenvalue weighted by Crippen LogP contribution is 2.29. The van der Waals surface area contributed by atoms with Crippen molar-refractivity contribution in [3.8, 4) is 21.7 Å². The minimum Gasteiger partial charge on any atom is -0.478 e. The van der Waals surface area contributed by atoms with Crippen LogP contribution in [0.3, 0.4) is 0 Å². The molecule has 0 saturated carbocycles. The molecule has 0 aliphatic carbocycles. The lowest BCUT2D eigenvalue weighted by atomic mass is 10.0. The lowest BCUT2D eigenvalue weighted by Gasteiger charge is -2.27. The van der Waals surface area contributed by atoms with Crippen molar-refractivity contribution in [2.45, 2.75) is 19.3 Å². The van der Waals surface area contributed by atoms with Crippen LogP contribution in [-0.4, -0.2) is 38.8 Å². The molecule has 0 spiro atoms. The molecule has 1 aliphatic heterocycles. The highest BCUT2D eigenvalue weighted by molar-refractivity contribution is 7.19. The number of anilines is 1. The van der Waals surface area contributed by atoms with Crippen molar-refractivity contribution in [2.75, 3.05) is 18.0 Å². The molecule has 0 amide bonds. The molecule has 2 aromatic heterocycles. The summed E-state index contributed by atoms with van der Waals surface area (Å²) in [6, 6.07) is 16.2. The minimum atomic E-state index is -0.948. The average molecular weight is 433 g/mol. The van der Waals surface area contributed by atoms with E-state index < -0.39 is 5.97 Å². The van der Waals surface area contributed by atoms with Crippen LogP contribution in [0.15, 0.2) is 59.4 Å². The lowest BCUT2D eigenvalue weighted by Crippen LogP contribution is -2.31. The van der Waals surface area contributed by atoms with E-state index in [-0.39, 0.29) is 11.1 Å². The van der Waals surface area contributed by atoms with Gasteiger partial charge in [0.25, 0.3) is 5.56 Å². The summed E-state index contributed by atoms with van der Waals surface area (Å²) >= 11 is 1.39. The Morgan fingerprint density at radius 2 is 1.68 bits per heavy atom. The van der Waals surface area contributed by atoms with Crippen molar-refractivity contribution in [1.82, 2.24) is 14.6 Å². The van der Waals surface area contributed by atoms with Crippen LogP contribution in [0.4, 0.5) is 5.82 Å². The van der Waals surface area contributed by atoms with Gasteiger partial charge < -0.3 is 10.0 Å². The van der Waals surface area contributed by atoms with Crippen LogP contribution in [0.2, 0.25) is 0 Å². The Bertz CT molecular complexity index is 1320. The molecular weight excluding hydrogens is 412 g/mol. The summed E-state index contributed by atoms with van der Waals surface area (Å²) in [4.78, 5) is 31.2. The Morgan fingerprint density at radius 3 is 2.42 bits per heavy atom. The van der Waals surface area contributed by atoms with E-state index in [0.29, 0.717) is 9.97 Å². The summed E-state index contributed by atoms with van der Waals surface area (Å²) in [7, 11) is 0. The SMILES string of the molecule is O=C(O)c1ccc(-c2cccc(-c3nn4c(=O)cc(N5CCCCC5)nc4s3)c2)cc1. The Kier molecular flexibility index (Phi) is 4.99. The highest BCUT2D eigenvalue weighted by atomic mass is 32.1. The van der Waals surface area contributed by atoms with Gasteiger partial charge in [0.05, 0.1) is 5.56 Å². The van der Waals surface area contributed by atoms with E-state index in [0.717, 1.165) is 48.4 Å². The standard InChI is InChI=1S/C23H20N4O3S/c28-20-14-19(26-11-2-1-3-12-26)24-23-27(20)25-21(31-23)18-6-4-5-17(13-18)15-7-9-16(10-8-15)22(29)30/h4-10,13-14H,1-3,11-12H2,(H,29,30). The molecule has 0 bridgehead atoms. The Morgan fingerprint density at radius 1 is 0.935 bits per heavy atom. The maximum atomic E-state index is 12.7. The maximum absolute atomic E-state index is 12.7. The summed E-state index contributed by atoms with van der Waals surface area (Å²) in [5.41, 5.74) is 2.82. The molecule has 0 atom stereocenters. The third-order valence-electron chi connectivity index (χ3n) is 5.49. The van der Waals surface area contributed by atoms with Crippen LogP contribution >= 0.6 is 11.3 Å². The molecular formula is C23H20N4O3S. The van der Waals surface area contributed by atoms with Gasteiger partial charge in [0.1, 0.15) is 10.8 Å². The molecule has 3 heterocycles. The van der Waals surface area contributed by atoms with Gasteiger partial charge in [0.2, 0.25) is 4.96 Å². The molecule has 8 heteroatoms. The van der Waals surface area contributed by atoms with Crippen molar-refractivity contribution in [3.05, 3.63) is 70.5 Å². The van der Waals surface area contributed by atoms with Gasteiger partial charge in [-0.3, -0.25) is 4.79 Å². The molecule has 1 aliphatic rings. The molecule has 5 rings (SSSR count). The van der Waals surface area contributed by atoms with Gasteiger partial charge in [-0.1, -0.05) is 41.7 Å². The Labute approximate surface area is 182 Å². The van der Waals surface area contributed by atoms with E-state index >= 15 is 0 Å². The second kappa shape index (κ2) is 7.96. The van der Waals surface area contributed by atoms with Crippen LogP contribution in [0.5, 0.6) is 0 Å². The van der Waals surface area contributed by atoms with Crippen molar-refractivity contribution in [2.24, 2.45) is 0 Å². The van der Waals surface area contributed by atoms with Gasteiger partial charge in [-0.2, -0.15) is 9.61 Å². The van der Waals surface area contributed by atoms with Gasteiger partial charge in [0.15, 0.2) is 0 Å². The summed E-state index contributed by atoms with van der Waals surface area (Å²) in [6.45, 7) is 1.86. The fourth-order valence-corrected chi connectivity index (χ4v) is 4.73. The van der Waals surface area contributed by atoms with Crippen molar-refractivity contribution < 1.29 is 9.90 Å². The first-order chi connectivity index (χ1) is 15.1. The number of fused-ring (bicyclic) bond motifs is 1. The van der Waals surface area contributed by atoms with E-state index in [1.54, 1.807) is 30.3 Å². The maximum Gasteiger partial charge on any atom is 0.335 e. The lowest BCUT2D eigenvalue weighted by molar-refractivity contribution is 0.0697. The summed E-state index contributed by atoms with van der Waals surface area (Å²) in [5.74, 6) is -0.219. The molecule has 4 aromatic rings. The summed E-state index contributed by atoms with van der Waals surface area (Å²) < 4.78 is 1.36. The molecule has 156 valence electrons. The first-order valence-corrected chi connectivity index (χ1v) is 11.0. The second-order valence-corrected chi connectivity index (χ2v) is 8.52. The topological polar surface area (TPSA) is 87.8 Å². The van der Waals surface area contributed by atoms with Crippen LogP contribution < -0.4 is 10.5 Å². The third-order valence-corrected chi connectivity index (χ3v) is 6.44. The predicted molar refractivity (Wildman–Crippen MR) is 121 cm³/mol. The van der Waals surface area contributed by atoms with E-state index in [2.05, 4.69) is 10.00 Å². The summed E-state index contributed by atoms with van der Waals surface area (Å²) in [5, 5.41) is 14.3. The quantitative estimate of drug-likeness (QED) is 0.521. The van der Waals surface area contributed by atoms with Crippen molar-refractivity contribution >= 4 is 28.1 Å². The molecule has 1 fully saturated rings. The Hall–Kier alpha value is -3.52. The van der Waals surface area contributed by atoms with Crippen LogP contribution in [-0.2, 0) is 0 Å². The molecule has 1 saturated heterocycles. The molecule has 2 aromatic carbocycles. The predicted octanol–water partition coefficient (Wildman–Crippen LogP) is 4.17. The number of aromatic carboxylic acids is 1. The van der Waals surface area contributed by atoms with E-state index in [9.17, 15) is 9.59 Å². The number of aromatic nitrogens is 3. The van der Waals surface area contributed by atoms with E-state index in [1.807, 2.05) is 24.3 Å². The minimum absolute atomic E-state index is 0.173. The molecule has 31 heavy (non-hydrogen) atoms. The number of carboxylic acids is 1. The van der Waals surface area contributed by atoms with Crippen LogP contribution in [0.25, 0.3) is 26.7 Å². The number of benzene rings is 2. The number of nitrogens with zero attached hydrogens (tertiary/aromatic N) is 4. The molecule has 1 N–H and O–H groups in total. The Balaban J connectivity index is 1.50. The van der Waals surface area contributed by atoms with Gasteiger partial charge in [-0.15, -0.1) is 0 Å². The number of hydrogen-bond acceptors (Lipinski definition) is 6. The van der Waals surface area contributed by atoms with E-state index in [4.69, 9.17) is 10.1 Å². The fourth-order valence-electron chi connectivity index (χ4n) is 3.84. The van der Waals surface area contributed by atoms with Gasteiger partial charge in [-0.25, -0.2) is 9.78 Å². The zero-order chi connectivity index (χ0) is 21.4. The first kappa shape index (κ1) is 19.4. The number of carbonyl (C=O) groups is 1. The molecule has 0 unspecified atom stereocenters. The summed E-state index contributed by atoms with van der Waals surface area (Å²) in [6.07, 6.45) is 3.46. The highest BCUT2D eigenvalue weighted by Gasteiger charge is 2.16. The van der Waals surface area contributed by atoms with Gasteiger partial charge in [0, 0.05) is 24.7 Å². The first-order valence-electron chi connectivity index (χ1n) is 10.2. The second-order valence-electron chi connectivity index (χ2n) is 7.57. The zero-order valence-electron chi connectivity index (χ0n) is 16.7. The van der Waals surface area contributed by atoms with Gasteiger partial charge >= 0.3 is 5.97 Å². The number of carboxylic acid groups (broad SMARTS) is 1. The van der Waals surface area contributed by atoms with Crippen molar-refractivity contribution in [3.63, 3.8) is 0 Å². The van der Waals surface area contributed by atoms with Crippen LogP contribution in [0, 0.1) is 0 Å². The molecule has 7 nitrogen and oxygen atoms in total. The number of rotatable bonds is 4. The van der Waals surface area contributed by atoms with Crippen LogP contribution in [0.1, 0.15) is 29.6 Å². The van der Waals surface area contributed by atoms with E-state index in [1.165, 1.54) is 22.3 Å². The smallest absolute Gasteiger partial charge is 0.335 e. The zero-order valence-corrected chi connectivity index (χ0v) is 17.5.